The summed E-state index contributed by atoms with van der Waals surface area (Å²) in [5.74, 6) is -1.22. The standard InChI is InChI=1S/C14H10N2O2/c15-8-10(14(17)18)4-3-5-11-9-16-13-7-2-1-6-12(11)13/h1-7,9,16H,(H,17,18). The minimum atomic E-state index is -1.22. The van der Waals surface area contributed by atoms with Gasteiger partial charge in [0.1, 0.15) is 11.6 Å². The summed E-state index contributed by atoms with van der Waals surface area (Å²) in [6, 6.07) is 9.42. The molecular formula is C14H10N2O2. The first-order valence-electron chi connectivity index (χ1n) is 5.30. The van der Waals surface area contributed by atoms with E-state index in [0.29, 0.717) is 0 Å². The molecule has 0 aliphatic rings. The Kier molecular flexibility index (Phi) is 3.26. The lowest BCUT2D eigenvalue weighted by molar-refractivity contribution is -0.132. The van der Waals surface area contributed by atoms with Crippen LogP contribution < -0.4 is 0 Å². The van der Waals surface area contributed by atoms with Crippen LogP contribution in [0.5, 0.6) is 0 Å². The smallest absolute Gasteiger partial charge is 0.346 e. The largest absolute Gasteiger partial charge is 0.477 e. The fourth-order valence-electron chi connectivity index (χ4n) is 1.64. The van der Waals surface area contributed by atoms with E-state index in [9.17, 15) is 4.79 Å². The van der Waals surface area contributed by atoms with E-state index in [-0.39, 0.29) is 5.57 Å². The van der Waals surface area contributed by atoms with Crippen molar-refractivity contribution in [3.05, 3.63) is 53.8 Å². The summed E-state index contributed by atoms with van der Waals surface area (Å²) in [5.41, 5.74) is 1.68. The van der Waals surface area contributed by atoms with E-state index in [1.165, 1.54) is 6.08 Å². The number of nitriles is 1. The van der Waals surface area contributed by atoms with Gasteiger partial charge in [-0.05, 0) is 17.7 Å². The molecule has 18 heavy (non-hydrogen) atoms. The van der Waals surface area contributed by atoms with Crippen LogP contribution in [0.25, 0.3) is 17.0 Å². The number of carboxylic acid groups (broad SMARTS) is 1. The second kappa shape index (κ2) is 5.02. The first kappa shape index (κ1) is 11.7. The van der Waals surface area contributed by atoms with Crippen LogP contribution in [0.3, 0.4) is 0 Å². The monoisotopic (exact) mass is 238 g/mol. The van der Waals surface area contributed by atoms with Gasteiger partial charge in [0.25, 0.3) is 0 Å². The molecule has 2 N–H and O–H groups in total. The molecule has 0 fully saturated rings. The molecule has 0 aliphatic carbocycles. The number of H-pyrrole nitrogens is 1. The van der Waals surface area contributed by atoms with E-state index in [1.807, 2.05) is 30.5 Å². The number of hydrogen-bond acceptors (Lipinski definition) is 2. The molecule has 1 heterocycles. The maximum Gasteiger partial charge on any atom is 0.346 e. The fourth-order valence-corrected chi connectivity index (χ4v) is 1.64. The normalized spacial score (nSPS) is 11.8. The Balaban J connectivity index is 2.30. The van der Waals surface area contributed by atoms with Crippen molar-refractivity contribution in [2.45, 2.75) is 0 Å². The van der Waals surface area contributed by atoms with E-state index in [2.05, 4.69) is 4.98 Å². The van der Waals surface area contributed by atoms with Gasteiger partial charge in [-0.25, -0.2) is 4.79 Å². The van der Waals surface area contributed by atoms with Gasteiger partial charge in [-0.15, -0.1) is 0 Å². The quantitative estimate of drug-likeness (QED) is 0.490. The number of para-hydroxylation sites is 1. The van der Waals surface area contributed by atoms with Crippen molar-refractivity contribution >= 4 is 22.9 Å². The first-order valence-corrected chi connectivity index (χ1v) is 5.30. The highest BCUT2D eigenvalue weighted by atomic mass is 16.4. The summed E-state index contributed by atoms with van der Waals surface area (Å²) in [5, 5.41) is 18.3. The van der Waals surface area contributed by atoms with Crippen LogP contribution in [0.4, 0.5) is 0 Å². The molecule has 4 nitrogen and oxygen atoms in total. The number of rotatable bonds is 3. The van der Waals surface area contributed by atoms with Gasteiger partial charge in [0.05, 0.1) is 0 Å². The predicted molar refractivity (Wildman–Crippen MR) is 68.7 cm³/mol. The minimum absolute atomic E-state index is 0.286. The van der Waals surface area contributed by atoms with Crippen molar-refractivity contribution in [2.75, 3.05) is 0 Å². The lowest BCUT2D eigenvalue weighted by Crippen LogP contribution is -1.96. The zero-order valence-electron chi connectivity index (χ0n) is 9.42. The molecule has 0 aliphatic heterocycles. The topological polar surface area (TPSA) is 76.9 Å². The van der Waals surface area contributed by atoms with Gasteiger partial charge >= 0.3 is 5.97 Å². The molecule has 88 valence electrons. The first-order chi connectivity index (χ1) is 8.72. The second-order valence-electron chi connectivity index (χ2n) is 3.65. The van der Waals surface area contributed by atoms with Crippen molar-refractivity contribution in [1.29, 1.82) is 5.26 Å². The number of hydrogen-bond donors (Lipinski definition) is 2. The van der Waals surface area contributed by atoms with Crippen molar-refractivity contribution in [3.63, 3.8) is 0 Å². The minimum Gasteiger partial charge on any atom is -0.477 e. The van der Waals surface area contributed by atoms with E-state index >= 15 is 0 Å². The van der Waals surface area contributed by atoms with Crippen LogP contribution in [0.15, 0.2) is 48.2 Å². The van der Waals surface area contributed by atoms with Gasteiger partial charge in [0.2, 0.25) is 0 Å². The Bertz CT molecular complexity index is 687. The maximum atomic E-state index is 10.6. The molecule has 0 saturated carbocycles. The summed E-state index contributed by atoms with van der Waals surface area (Å²) in [6.45, 7) is 0. The molecule has 0 bridgehead atoms. The number of nitrogens with one attached hydrogen (secondary N) is 1. The van der Waals surface area contributed by atoms with Crippen LogP contribution in [-0.4, -0.2) is 16.1 Å². The Morgan fingerprint density at radius 2 is 2.17 bits per heavy atom. The number of carbonyl (C=O) groups is 1. The Hall–Kier alpha value is -2.80. The van der Waals surface area contributed by atoms with Crippen molar-refractivity contribution in [3.8, 4) is 6.07 Å². The highest BCUT2D eigenvalue weighted by molar-refractivity contribution is 5.92. The Morgan fingerprint density at radius 1 is 1.39 bits per heavy atom. The number of aliphatic carboxylic acids is 1. The molecule has 1 aromatic heterocycles. The van der Waals surface area contributed by atoms with Crippen LogP contribution in [-0.2, 0) is 4.79 Å². The number of allylic oxidation sites excluding steroid dienone is 2. The van der Waals surface area contributed by atoms with E-state index in [1.54, 1.807) is 18.2 Å². The number of aromatic amines is 1. The highest BCUT2D eigenvalue weighted by Gasteiger charge is 2.03. The van der Waals surface area contributed by atoms with E-state index < -0.39 is 5.97 Å². The second-order valence-corrected chi connectivity index (χ2v) is 3.65. The van der Waals surface area contributed by atoms with E-state index in [4.69, 9.17) is 10.4 Å². The molecule has 0 amide bonds. The third-order valence-electron chi connectivity index (χ3n) is 2.51. The van der Waals surface area contributed by atoms with Crippen molar-refractivity contribution in [2.24, 2.45) is 0 Å². The van der Waals surface area contributed by atoms with Gasteiger partial charge in [-0.2, -0.15) is 5.26 Å². The van der Waals surface area contributed by atoms with Crippen LogP contribution in [0.1, 0.15) is 5.56 Å². The predicted octanol–water partition coefficient (Wildman–Crippen LogP) is 2.72. The van der Waals surface area contributed by atoms with Gasteiger partial charge in [-0.1, -0.05) is 30.4 Å². The van der Waals surface area contributed by atoms with Crippen LogP contribution in [0.2, 0.25) is 0 Å². The molecule has 1 aromatic carbocycles. The van der Waals surface area contributed by atoms with Gasteiger partial charge in [0, 0.05) is 17.1 Å². The van der Waals surface area contributed by atoms with E-state index in [0.717, 1.165) is 16.5 Å². The average Bonchev–Trinajstić information content (AvgIpc) is 2.78. The molecule has 0 unspecified atom stereocenters. The lowest BCUT2D eigenvalue weighted by atomic mass is 10.1. The van der Waals surface area contributed by atoms with Gasteiger partial charge < -0.3 is 10.1 Å². The van der Waals surface area contributed by atoms with Crippen molar-refractivity contribution < 1.29 is 9.90 Å². The summed E-state index contributed by atoms with van der Waals surface area (Å²) >= 11 is 0. The highest BCUT2D eigenvalue weighted by Crippen LogP contribution is 2.18. The molecule has 2 rings (SSSR count). The Labute approximate surface area is 103 Å². The van der Waals surface area contributed by atoms with Gasteiger partial charge in [0.15, 0.2) is 0 Å². The third kappa shape index (κ3) is 2.30. The molecule has 0 radical (unpaired) electrons. The lowest BCUT2D eigenvalue weighted by Gasteiger charge is -1.90. The zero-order chi connectivity index (χ0) is 13.0. The summed E-state index contributed by atoms with van der Waals surface area (Å²) in [7, 11) is 0. The number of fused-ring (bicyclic) bond motifs is 1. The molecule has 2 aromatic rings. The number of benzene rings is 1. The maximum absolute atomic E-state index is 10.6. The molecule has 0 atom stereocenters. The molecular weight excluding hydrogens is 228 g/mol. The summed E-state index contributed by atoms with van der Waals surface area (Å²) in [4.78, 5) is 13.7. The van der Waals surface area contributed by atoms with Crippen LogP contribution >= 0.6 is 0 Å². The summed E-state index contributed by atoms with van der Waals surface area (Å²) < 4.78 is 0. The van der Waals surface area contributed by atoms with Gasteiger partial charge in [-0.3, -0.25) is 0 Å². The fraction of sp³-hybridized carbons (Fsp3) is 0. The molecule has 4 heteroatoms. The van der Waals surface area contributed by atoms with Crippen LogP contribution in [0, 0.1) is 11.3 Å². The van der Waals surface area contributed by atoms with Crippen molar-refractivity contribution in [1.82, 2.24) is 4.98 Å². The molecule has 0 spiro atoms. The summed E-state index contributed by atoms with van der Waals surface area (Å²) in [6.07, 6.45) is 6.44. The number of nitrogens with zero attached hydrogens (tertiary/aromatic N) is 1. The average molecular weight is 238 g/mol. The Morgan fingerprint density at radius 3 is 2.89 bits per heavy atom. The third-order valence-corrected chi connectivity index (χ3v) is 2.51. The number of carboxylic acids is 1. The SMILES string of the molecule is N#CC(=CC=Cc1c[nH]c2ccccc12)C(=O)O. The molecule has 0 saturated heterocycles. The number of aromatic nitrogens is 1. The zero-order valence-corrected chi connectivity index (χ0v) is 9.42.